The number of aromatic nitrogens is 1. The summed E-state index contributed by atoms with van der Waals surface area (Å²) in [6.07, 6.45) is 0.668. The summed E-state index contributed by atoms with van der Waals surface area (Å²) in [5.41, 5.74) is 1.42. The third-order valence-corrected chi connectivity index (χ3v) is 4.72. The SMILES string of the molecule is COCc1cc(C[C@@H]2CC[C@H](O)[C@@H](CNC(=O)Nc3ccc(OC)cc3)O2)no1. The van der Waals surface area contributed by atoms with Gasteiger partial charge >= 0.3 is 6.03 Å². The quantitative estimate of drug-likeness (QED) is 0.616. The largest absolute Gasteiger partial charge is 0.497 e. The van der Waals surface area contributed by atoms with E-state index in [1.807, 2.05) is 6.07 Å². The van der Waals surface area contributed by atoms with Crippen molar-refractivity contribution in [1.82, 2.24) is 10.5 Å². The normalized spacial score (nSPS) is 21.6. The smallest absolute Gasteiger partial charge is 0.319 e. The van der Waals surface area contributed by atoms with Crippen molar-refractivity contribution in [2.24, 2.45) is 0 Å². The van der Waals surface area contributed by atoms with E-state index in [9.17, 15) is 9.90 Å². The highest BCUT2D eigenvalue weighted by atomic mass is 16.5. The molecule has 0 saturated carbocycles. The van der Waals surface area contributed by atoms with Crippen LogP contribution in [-0.4, -0.2) is 55.4 Å². The lowest BCUT2D eigenvalue weighted by molar-refractivity contribution is -0.113. The first-order chi connectivity index (χ1) is 14.1. The van der Waals surface area contributed by atoms with Crippen LogP contribution in [0.4, 0.5) is 10.5 Å². The van der Waals surface area contributed by atoms with Gasteiger partial charge < -0.3 is 34.5 Å². The number of carbonyl (C=O) groups excluding carboxylic acids is 1. The Hall–Kier alpha value is -2.62. The molecule has 2 heterocycles. The Labute approximate surface area is 169 Å². The number of amides is 2. The van der Waals surface area contributed by atoms with Crippen LogP contribution in [0.3, 0.4) is 0 Å². The predicted octanol–water partition coefficient (Wildman–Crippen LogP) is 2.10. The number of benzene rings is 1. The minimum atomic E-state index is -0.631. The van der Waals surface area contributed by atoms with Gasteiger partial charge in [-0.1, -0.05) is 5.16 Å². The fraction of sp³-hybridized carbons (Fsp3) is 0.500. The van der Waals surface area contributed by atoms with E-state index < -0.39 is 12.2 Å². The monoisotopic (exact) mass is 405 g/mol. The third-order valence-electron chi connectivity index (χ3n) is 4.72. The highest BCUT2D eigenvalue weighted by molar-refractivity contribution is 5.89. The van der Waals surface area contributed by atoms with Gasteiger partial charge in [-0.25, -0.2) is 4.79 Å². The molecule has 9 nitrogen and oxygen atoms in total. The van der Waals surface area contributed by atoms with Gasteiger partial charge in [0.1, 0.15) is 18.5 Å². The molecule has 3 atom stereocenters. The second kappa shape index (κ2) is 10.2. The number of aliphatic hydroxyl groups is 1. The first-order valence-electron chi connectivity index (χ1n) is 9.53. The van der Waals surface area contributed by atoms with Crippen LogP contribution in [0.25, 0.3) is 0 Å². The number of hydrogen-bond donors (Lipinski definition) is 3. The number of carbonyl (C=O) groups is 1. The minimum absolute atomic E-state index is 0.102. The Kier molecular flexibility index (Phi) is 7.45. The first kappa shape index (κ1) is 21.1. The molecule has 9 heteroatoms. The number of aliphatic hydroxyl groups excluding tert-OH is 1. The number of methoxy groups -OCH3 is 2. The lowest BCUT2D eigenvalue weighted by atomic mass is 9.98. The molecule has 2 aromatic rings. The van der Waals surface area contributed by atoms with E-state index in [1.54, 1.807) is 38.5 Å². The van der Waals surface area contributed by atoms with Crippen molar-refractivity contribution in [2.45, 2.75) is 44.2 Å². The lowest BCUT2D eigenvalue weighted by Gasteiger charge is -2.33. The molecular weight excluding hydrogens is 378 g/mol. The second-order valence-electron chi connectivity index (χ2n) is 6.93. The van der Waals surface area contributed by atoms with Crippen molar-refractivity contribution in [3.8, 4) is 5.75 Å². The molecule has 0 spiro atoms. The van der Waals surface area contributed by atoms with Gasteiger partial charge in [0, 0.05) is 31.8 Å². The molecule has 0 unspecified atom stereocenters. The fourth-order valence-corrected chi connectivity index (χ4v) is 3.22. The van der Waals surface area contributed by atoms with Crippen molar-refractivity contribution >= 4 is 11.7 Å². The lowest BCUT2D eigenvalue weighted by Crippen LogP contribution is -2.47. The molecule has 1 aliphatic heterocycles. The minimum Gasteiger partial charge on any atom is -0.497 e. The zero-order valence-corrected chi connectivity index (χ0v) is 16.6. The number of rotatable bonds is 8. The van der Waals surface area contributed by atoms with Gasteiger partial charge in [0.05, 0.1) is 25.0 Å². The van der Waals surface area contributed by atoms with Crippen LogP contribution in [0.2, 0.25) is 0 Å². The Bertz CT molecular complexity index is 779. The number of hydrogen-bond acceptors (Lipinski definition) is 7. The molecule has 1 aromatic carbocycles. The van der Waals surface area contributed by atoms with E-state index in [1.165, 1.54) is 0 Å². The molecule has 3 N–H and O–H groups in total. The number of ether oxygens (including phenoxy) is 3. The third kappa shape index (κ3) is 6.18. The van der Waals surface area contributed by atoms with Crippen LogP contribution >= 0.6 is 0 Å². The number of anilines is 1. The van der Waals surface area contributed by atoms with Crippen LogP contribution in [0.15, 0.2) is 34.9 Å². The highest BCUT2D eigenvalue weighted by Crippen LogP contribution is 2.22. The Balaban J connectivity index is 1.46. The maximum absolute atomic E-state index is 12.1. The molecule has 0 bridgehead atoms. The zero-order chi connectivity index (χ0) is 20.6. The maximum Gasteiger partial charge on any atom is 0.319 e. The molecule has 3 rings (SSSR count). The summed E-state index contributed by atoms with van der Waals surface area (Å²) in [6.45, 7) is 0.570. The molecular formula is C20H27N3O6. The van der Waals surface area contributed by atoms with E-state index in [-0.39, 0.29) is 18.7 Å². The van der Waals surface area contributed by atoms with Gasteiger partial charge in [0.25, 0.3) is 0 Å². The number of urea groups is 1. The summed E-state index contributed by atoms with van der Waals surface area (Å²) < 4.78 is 21.3. The molecule has 1 aromatic heterocycles. The average molecular weight is 405 g/mol. The van der Waals surface area contributed by atoms with Crippen molar-refractivity contribution in [2.75, 3.05) is 26.1 Å². The van der Waals surface area contributed by atoms with Crippen LogP contribution in [0, 0.1) is 0 Å². The van der Waals surface area contributed by atoms with Gasteiger partial charge in [-0.15, -0.1) is 0 Å². The Morgan fingerprint density at radius 3 is 2.79 bits per heavy atom. The van der Waals surface area contributed by atoms with Crippen molar-refractivity contribution in [1.29, 1.82) is 0 Å². The summed E-state index contributed by atoms with van der Waals surface area (Å²) in [7, 11) is 3.18. The van der Waals surface area contributed by atoms with E-state index in [2.05, 4.69) is 15.8 Å². The van der Waals surface area contributed by atoms with Crippen LogP contribution in [0.1, 0.15) is 24.3 Å². The zero-order valence-electron chi connectivity index (χ0n) is 16.6. The molecule has 2 amide bonds. The molecule has 0 aliphatic carbocycles. The first-order valence-corrected chi connectivity index (χ1v) is 9.53. The van der Waals surface area contributed by atoms with Crippen molar-refractivity contribution < 1.29 is 28.6 Å². The predicted molar refractivity (Wildman–Crippen MR) is 105 cm³/mol. The van der Waals surface area contributed by atoms with Crippen molar-refractivity contribution in [3.63, 3.8) is 0 Å². The molecule has 1 saturated heterocycles. The van der Waals surface area contributed by atoms with Crippen LogP contribution in [-0.2, 0) is 22.5 Å². The molecule has 158 valence electrons. The topological polar surface area (TPSA) is 115 Å². The molecule has 1 fully saturated rings. The van der Waals surface area contributed by atoms with Crippen LogP contribution in [0.5, 0.6) is 5.75 Å². The molecule has 29 heavy (non-hydrogen) atoms. The van der Waals surface area contributed by atoms with Crippen LogP contribution < -0.4 is 15.4 Å². The van der Waals surface area contributed by atoms with E-state index in [0.29, 0.717) is 43.1 Å². The summed E-state index contributed by atoms with van der Waals surface area (Å²) in [4.78, 5) is 12.1. The van der Waals surface area contributed by atoms with Gasteiger partial charge in [0.2, 0.25) is 0 Å². The summed E-state index contributed by atoms with van der Waals surface area (Å²) in [6, 6.07) is 8.49. The summed E-state index contributed by atoms with van der Waals surface area (Å²) in [5.74, 6) is 1.37. The average Bonchev–Trinajstić information content (AvgIpc) is 3.16. The number of nitrogens with one attached hydrogen (secondary N) is 2. The van der Waals surface area contributed by atoms with Gasteiger partial charge in [-0.2, -0.15) is 0 Å². The van der Waals surface area contributed by atoms with Gasteiger partial charge in [-0.05, 0) is 37.1 Å². The molecule has 0 radical (unpaired) electrons. The van der Waals surface area contributed by atoms with Gasteiger partial charge in [0.15, 0.2) is 5.76 Å². The maximum atomic E-state index is 12.1. The Morgan fingerprint density at radius 1 is 1.28 bits per heavy atom. The Morgan fingerprint density at radius 2 is 2.07 bits per heavy atom. The fourth-order valence-electron chi connectivity index (χ4n) is 3.22. The van der Waals surface area contributed by atoms with E-state index in [4.69, 9.17) is 18.7 Å². The van der Waals surface area contributed by atoms with E-state index in [0.717, 1.165) is 5.69 Å². The van der Waals surface area contributed by atoms with Gasteiger partial charge in [-0.3, -0.25) is 0 Å². The number of nitrogens with zero attached hydrogens (tertiary/aromatic N) is 1. The summed E-state index contributed by atoms with van der Waals surface area (Å²) in [5, 5.41) is 19.7. The molecule has 1 aliphatic rings. The van der Waals surface area contributed by atoms with E-state index >= 15 is 0 Å². The second-order valence-corrected chi connectivity index (χ2v) is 6.93. The summed E-state index contributed by atoms with van der Waals surface area (Å²) >= 11 is 0. The van der Waals surface area contributed by atoms with Crippen molar-refractivity contribution in [3.05, 3.63) is 41.8 Å². The highest BCUT2D eigenvalue weighted by Gasteiger charge is 2.30. The standard InChI is InChI=1S/C20H27N3O6/c1-26-12-17-10-14(23-29-17)9-16-7-8-18(24)19(28-16)11-21-20(25)22-13-3-5-15(27-2)6-4-13/h3-6,10,16,18-19,24H,7-9,11-12H2,1-2H3,(H2,21,22,25)/t16-,18-,19+/m0/s1.